The molecule has 90 valence electrons. The molecule has 5 atom stereocenters. The minimum atomic E-state index is -0.0495. The first-order valence-corrected chi connectivity index (χ1v) is 5.99. The Kier molecular flexibility index (Phi) is 1.73. The lowest BCUT2D eigenvalue weighted by molar-refractivity contribution is -0.121. The van der Waals surface area contributed by atoms with E-state index >= 15 is 0 Å². The van der Waals surface area contributed by atoms with Gasteiger partial charge in [0.2, 0.25) is 5.91 Å². The number of amides is 1. The van der Waals surface area contributed by atoms with Crippen LogP contribution in [-0.2, 0) is 9.53 Å². The average molecular weight is 235 g/mol. The van der Waals surface area contributed by atoms with Crippen molar-refractivity contribution in [2.45, 2.75) is 32.0 Å². The Morgan fingerprint density at radius 3 is 2.94 bits per heavy atom. The van der Waals surface area contributed by atoms with E-state index in [1.54, 1.807) is 6.92 Å². The average Bonchev–Trinajstić information content (AvgIpc) is 2.68. The quantitative estimate of drug-likeness (QED) is 0.818. The molecule has 2 bridgehead atoms. The summed E-state index contributed by atoms with van der Waals surface area (Å²) in [6, 6.07) is 0.183. The molecule has 3 aliphatic rings. The Morgan fingerprint density at radius 2 is 2.29 bits per heavy atom. The lowest BCUT2D eigenvalue weighted by Gasteiger charge is -2.16. The minimum absolute atomic E-state index is 0.0454. The van der Waals surface area contributed by atoms with E-state index in [-0.39, 0.29) is 23.9 Å². The highest BCUT2D eigenvalue weighted by atomic mass is 16.5. The van der Waals surface area contributed by atoms with Gasteiger partial charge in [0, 0.05) is 0 Å². The zero-order valence-corrected chi connectivity index (χ0v) is 9.42. The Balaban J connectivity index is 1.47. The highest BCUT2D eigenvalue weighted by molar-refractivity contribution is 5.91. The van der Waals surface area contributed by atoms with Gasteiger partial charge in [-0.3, -0.25) is 10.1 Å². The fraction of sp³-hybridized carbons (Fsp3) is 0.727. The van der Waals surface area contributed by atoms with Crippen molar-refractivity contribution in [1.82, 2.24) is 10.1 Å². The standard InChI is InChI=1S/C11H13N3O3/c1-4-12-11(17-14-4)13-10(15)7-3-8-5-2-6(5)9(7)16-8/h5-9H,2-3H2,1H3,(H,12,13,14,15)/t5-,6+,7-,8+,9+/m1/s1. The lowest BCUT2D eigenvalue weighted by Crippen LogP contribution is -2.32. The van der Waals surface area contributed by atoms with Gasteiger partial charge in [-0.05, 0) is 31.6 Å². The Hall–Kier alpha value is -1.43. The summed E-state index contributed by atoms with van der Waals surface area (Å²) in [4.78, 5) is 16.0. The molecule has 6 nitrogen and oxygen atoms in total. The summed E-state index contributed by atoms with van der Waals surface area (Å²) >= 11 is 0. The SMILES string of the molecule is Cc1noc(NC(=O)[C@@H]2C[C@@H]3O[C@H]2[C@H]2C[C@H]23)n1. The van der Waals surface area contributed by atoms with Crippen LogP contribution in [0, 0.1) is 24.7 Å². The van der Waals surface area contributed by atoms with Crippen LogP contribution in [0.3, 0.4) is 0 Å². The lowest BCUT2D eigenvalue weighted by atomic mass is 9.88. The second kappa shape index (κ2) is 3.07. The maximum absolute atomic E-state index is 12.1. The molecule has 1 aliphatic carbocycles. The van der Waals surface area contributed by atoms with Crippen molar-refractivity contribution in [2.24, 2.45) is 17.8 Å². The molecule has 1 N–H and O–H groups in total. The van der Waals surface area contributed by atoms with Gasteiger partial charge < -0.3 is 9.26 Å². The molecular weight excluding hydrogens is 222 g/mol. The Morgan fingerprint density at radius 1 is 1.41 bits per heavy atom. The topological polar surface area (TPSA) is 77.2 Å². The third-order valence-electron chi connectivity index (χ3n) is 4.10. The number of nitrogens with zero attached hydrogens (tertiary/aromatic N) is 2. The van der Waals surface area contributed by atoms with Crippen LogP contribution in [-0.4, -0.2) is 28.3 Å². The van der Waals surface area contributed by atoms with E-state index in [0.29, 0.717) is 17.8 Å². The second-order valence-electron chi connectivity index (χ2n) is 5.18. The number of nitrogens with one attached hydrogen (secondary N) is 1. The Bertz CT molecular complexity index is 486. The molecule has 2 saturated heterocycles. The number of hydrogen-bond acceptors (Lipinski definition) is 5. The number of anilines is 1. The summed E-state index contributed by atoms with van der Waals surface area (Å²) in [5.74, 6) is 1.78. The summed E-state index contributed by atoms with van der Waals surface area (Å²) in [6.07, 6.45) is 2.50. The predicted octanol–water partition coefficient (Wildman–Crippen LogP) is 0.740. The van der Waals surface area contributed by atoms with Crippen molar-refractivity contribution >= 4 is 11.9 Å². The molecule has 17 heavy (non-hydrogen) atoms. The van der Waals surface area contributed by atoms with Crippen molar-refractivity contribution in [3.05, 3.63) is 5.82 Å². The smallest absolute Gasteiger partial charge is 0.328 e. The largest absolute Gasteiger partial charge is 0.374 e. The van der Waals surface area contributed by atoms with Gasteiger partial charge in [-0.25, -0.2) is 0 Å². The number of rotatable bonds is 2. The molecule has 0 spiro atoms. The van der Waals surface area contributed by atoms with Crippen LogP contribution in [0.2, 0.25) is 0 Å². The van der Waals surface area contributed by atoms with Gasteiger partial charge >= 0.3 is 6.01 Å². The predicted molar refractivity (Wildman–Crippen MR) is 56.0 cm³/mol. The van der Waals surface area contributed by atoms with E-state index in [1.165, 1.54) is 6.42 Å². The maximum Gasteiger partial charge on any atom is 0.328 e. The molecule has 3 fully saturated rings. The van der Waals surface area contributed by atoms with Gasteiger partial charge in [0.05, 0.1) is 18.1 Å². The van der Waals surface area contributed by atoms with E-state index in [1.807, 2.05) is 0 Å². The molecule has 1 aromatic heterocycles. The maximum atomic E-state index is 12.1. The molecule has 6 heteroatoms. The normalized spacial score (nSPS) is 41.4. The summed E-state index contributed by atoms with van der Waals surface area (Å²) < 4.78 is 10.7. The van der Waals surface area contributed by atoms with Gasteiger partial charge in [-0.2, -0.15) is 4.98 Å². The van der Waals surface area contributed by atoms with E-state index < -0.39 is 0 Å². The molecule has 1 aromatic rings. The second-order valence-corrected chi connectivity index (χ2v) is 5.18. The van der Waals surface area contributed by atoms with E-state index in [2.05, 4.69) is 15.5 Å². The molecule has 1 amide bonds. The van der Waals surface area contributed by atoms with Crippen LogP contribution in [0.25, 0.3) is 0 Å². The number of carbonyl (C=O) groups excluding carboxylic acids is 1. The summed E-state index contributed by atoms with van der Waals surface area (Å²) in [7, 11) is 0. The van der Waals surface area contributed by atoms with Gasteiger partial charge in [-0.15, -0.1) is 0 Å². The molecule has 2 aliphatic heterocycles. The summed E-state index contributed by atoms with van der Waals surface area (Å²) in [6.45, 7) is 1.72. The zero-order valence-electron chi connectivity index (χ0n) is 9.42. The van der Waals surface area contributed by atoms with Crippen molar-refractivity contribution in [3.63, 3.8) is 0 Å². The third kappa shape index (κ3) is 1.33. The zero-order chi connectivity index (χ0) is 11.6. The number of hydrogen-bond donors (Lipinski definition) is 1. The van der Waals surface area contributed by atoms with Crippen molar-refractivity contribution in [1.29, 1.82) is 0 Å². The fourth-order valence-electron chi connectivity index (χ4n) is 3.25. The highest BCUT2D eigenvalue weighted by Crippen LogP contribution is 2.60. The van der Waals surface area contributed by atoms with Gasteiger partial charge in [0.15, 0.2) is 5.82 Å². The van der Waals surface area contributed by atoms with Gasteiger partial charge in [0.25, 0.3) is 0 Å². The first-order chi connectivity index (χ1) is 8.22. The van der Waals surface area contributed by atoms with Crippen molar-refractivity contribution < 1.29 is 14.1 Å². The highest BCUT2D eigenvalue weighted by Gasteiger charge is 2.64. The third-order valence-corrected chi connectivity index (χ3v) is 4.10. The molecule has 0 unspecified atom stereocenters. The summed E-state index contributed by atoms with van der Waals surface area (Å²) in [5, 5.41) is 6.30. The van der Waals surface area contributed by atoms with Crippen LogP contribution >= 0.6 is 0 Å². The van der Waals surface area contributed by atoms with Gasteiger partial charge in [-0.1, -0.05) is 5.16 Å². The van der Waals surface area contributed by atoms with Crippen molar-refractivity contribution in [3.8, 4) is 0 Å². The fourth-order valence-corrected chi connectivity index (χ4v) is 3.25. The number of ether oxygens (including phenoxy) is 1. The van der Waals surface area contributed by atoms with Crippen LogP contribution in [0.5, 0.6) is 0 Å². The van der Waals surface area contributed by atoms with E-state index in [0.717, 1.165) is 12.3 Å². The number of aryl methyl sites for hydroxylation is 1. The molecule has 0 aromatic carbocycles. The summed E-state index contributed by atoms with van der Waals surface area (Å²) in [5.41, 5.74) is 0. The van der Waals surface area contributed by atoms with Crippen LogP contribution in [0.4, 0.5) is 6.01 Å². The van der Waals surface area contributed by atoms with Crippen LogP contribution in [0.1, 0.15) is 18.7 Å². The van der Waals surface area contributed by atoms with Gasteiger partial charge in [0.1, 0.15) is 0 Å². The monoisotopic (exact) mass is 235 g/mol. The van der Waals surface area contributed by atoms with Crippen LogP contribution in [0.15, 0.2) is 4.52 Å². The molecule has 4 rings (SSSR count). The number of carbonyl (C=O) groups is 1. The van der Waals surface area contributed by atoms with Crippen molar-refractivity contribution in [2.75, 3.05) is 5.32 Å². The number of fused-ring (bicyclic) bond motifs is 5. The minimum Gasteiger partial charge on any atom is -0.374 e. The molecule has 0 radical (unpaired) electrons. The molecule has 3 heterocycles. The molecular formula is C11H13N3O3. The van der Waals surface area contributed by atoms with E-state index in [4.69, 9.17) is 9.26 Å². The molecule has 1 saturated carbocycles. The first kappa shape index (κ1) is 9.58. The number of aromatic nitrogens is 2. The van der Waals surface area contributed by atoms with Crippen LogP contribution < -0.4 is 5.32 Å². The first-order valence-electron chi connectivity index (χ1n) is 5.99. The Labute approximate surface area is 97.7 Å². The van der Waals surface area contributed by atoms with E-state index in [9.17, 15) is 4.79 Å².